The molecule has 0 amide bonds. The lowest BCUT2D eigenvalue weighted by atomic mass is 9.83. The van der Waals surface area contributed by atoms with Crippen LogP contribution in [-0.4, -0.2) is 24.8 Å². The van der Waals surface area contributed by atoms with Gasteiger partial charge >= 0.3 is 0 Å². The van der Waals surface area contributed by atoms with Crippen LogP contribution in [0.2, 0.25) is 0 Å². The summed E-state index contributed by atoms with van der Waals surface area (Å²) in [6, 6.07) is 6.64. The van der Waals surface area contributed by atoms with Crippen LogP contribution in [0.15, 0.2) is 18.2 Å². The number of benzene rings is 1. The van der Waals surface area contributed by atoms with Gasteiger partial charge in [0.15, 0.2) is 0 Å². The standard InChI is InChI=1S/C14H23NO/c1-11-5-6-13(9-12(11)2)14(3,4)10-15-7-8-16/h5-6,9,15-16H,7-8,10H2,1-4H3. The van der Waals surface area contributed by atoms with E-state index in [-0.39, 0.29) is 12.0 Å². The Kier molecular flexibility index (Phi) is 4.51. The fraction of sp³-hybridized carbons (Fsp3) is 0.571. The highest BCUT2D eigenvalue weighted by Gasteiger charge is 2.20. The largest absolute Gasteiger partial charge is 0.395 e. The Balaban J connectivity index is 2.76. The third-order valence-corrected chi connectivity index (χ3v) is 3.14. The molecule has 2 nitrogen and oxygen atoms in total. The zero-order valence-electron chi connectivity index (χ0n) is 10.8. The van der Waals surface area contributed by atoms with Gasteiger partial charge in [-0.1, -0.05) is 32.0 Å². The first kappa shape index (κ1) is 13.2. The van der Waals surface area contributed by atoms with Gasteiger partial charge in [0.2, 0.25) is 0 Å². The van der Waals surface area contributed by atoms with Crippen molar-refractivity contribution < 1.29 is 5.11 Å². The maximum atomic E-state index is 8.75. The first-order valence-corrected chi connectivity index (χ1v) is 5.86. The van der Waals surface area contributed by atoms with Crippen molar-refractivity contribution in [2.45, 2.75) is 33.1 Å². The minimum atomic E-state index is 0.105. The summed E-state index contributed by atoms with van der Waals surface area (Å²) in [6.45, 7) is 10.5. The highest BCUT2D eigenvalue weighted by molar-refractivity contribution is 5.34. The molecule has 0 spiro atoms. The molecule has 16 heavy (non-hydrogen) atoms. The van der Waals surface area contributed by atoms with Gasteiger partial charge in [0.25, 0.3) is 0 Å². The minimum Gasteiger partial charge on any atom is -0.395 e. The van der Waals surface area contributed by atoms with Gasteiger partial charge in [0, 0.05) is 18.5 Å². The summed E-state index contributed by atoms with van der Waals surface area (Å²) in [5.41, 5.74) is 4.13. The third kappa shape index (κ3) is 3.32. The van der Waals surface area contributed by atoms with E-state index in [1.807, 2.05) is 0 Å². The molecule has 0 aliphatic heterocycles. The van der Waals surface area contributed by atoms with Gasteiger partial charge in [0.05, 0.1) is 6.61 Å². The van der Waals surface area contributed by atoms with Crippen LogP contribution in [0.3, 0.4) is 0 Å². The lowest BCUT2D eigenvalue weighted by Crippen LogP contribution is -2.34. The highest BCUT2D eigenvalue weighted by Crippen LogP contribution is 2.24. The van der Waals surface area contributed by atoms with E-state index in [2.05, 4.69) is 51.2 Å². The van der Waals surface area contributed by atoms with Gasteiger partial charge in [-0.15, -0.1) is 0 Å². The summed E-state index contributed by atoms with van der Waals surface area (Å²) in [7, 11) is 0. The maximum Gasteiger partial charge on any atom is 0.0555 e. The average Bonchev–Trinajstić information content (AvgIpc) is 2.22. The van der Waals surface area contributed by atoms with Crippen LogP contribution in [0, 0.1) is 13.8 Å². The zero-order chi connectivity index (χ0) is 12.2. The van der Waals surface area contributed by atoms with Crippen molar-refractivity contribution in [3.05, 3.63) is 34.9 Å². The van der Waals surface area contributed by atoms with Crippen molar-refractivity contribution >= 4 is 0 Å². The SMILES string of the molecule is Cc1ccc(C(C)(C)CNCCO)cc1C. The Morgan fingerprint density at radius 2 is 1.88 bits per heavy atom. The quantitative estimate of drug-likeness (QED) is 0.747. The first-order valence-electron chi connectivity index (χ1n) is 5.86. The number of aliphatic hydroxyl groups excluding tert-OH is 1. The van der Waals surface area contributed by atoms with E-state index < -0.39 is 0 Å². The van der Waals surface area contributed by atoms with Crippen molar-refractivity contribution in [2.75, 3.05) is 19.7 Å². The normalized spacial score (nSPS) is 11.8. The number of nitrogens with one attached hydrogen (secondary N) is 1. The van der Waals surface area contributed by atoms with Crippen LogP contribution in [0.1, 0.15) is 30.5 Å². The summed E-state index contributed by atoms with van der Waals surface area (Å²) in [5.74, 6) is 0. The van der Waals surface area contributed by atoms with Crippen molar-refractivity contribution in [3.63, 3.8) is 0 Å². The third-order valence-electron chi connectivity index (χ3n) is 3.14. The topological polar surface area (TPSA) is 32.3 Å². The Bertz CT molecular complexity index is 345. The molecule has 0 aliphatic carbocycles. The molecular weight excluding hydrogens is 198 g/mol. The summed E-state index contributed by atoms with van der Waals surface area (Å²) in [5, 5.41) is 12.0. The summed E-state index contributed by atoms with van der Waals surface area (Å²) >= 11 is 0. The fourth-order valence-corrected chi connectivity index (χ4v) is 1.74. The molecule has 2 N–H and O–H groups in total. The van der Waals surface area contributed by atoms with Gasteiger partial charge in [-0.25, -0.2) is 0 Å². The van der Waals surface area contributed by atoms with Gasteiger partial charge in [-0.2, -0.15) is 0 Å². The van der Waals surface area contributed by atoms with Crippen LogP contribution >= 0.6 is 0 Å². The molecule has 0 heterocycles. The van der Waals surface area contributed by atoms with Gasteiger partial charge in [-0.3, -0.25) is 0 Å². The predicted octanol–water partition coefficient (Wildman–Crippen LogP) is 2.16. The Morgan fingerprint density at radius 3 is 2.44 bits per heavy atom. The molecule has 1 rings (SSSR count). The van der Waals surface area contributed by atoms with Crippen molar-refractivity contribution in [1.29, 1.82) is 0 Å². The van der Waals surface area contributed by atoms with Gasteiger partial charge in [0.1, 0.15) is 0 Å². The lowest BCUT2D eigenvalue weighted by molar-refractivity contribution is 0.286. The molecule has 0 aliphatic rings. The second kappa shape index (κ2) is 5.46. The van der Waals surface area contributed by atoms with E-state index in [1.165, 1.54) is 16.7 Å². The molecular formula is C14H23NO. The number of aryl methyl sites for hydroxylation is 2. The minimum absolute atomic E-state index is 0.105. The second-order valence-corrected chi connectivity index (χ2v) is 5.08. The Morgan fingerprint density at radius 1 is 1.19 bits per heavy atom. The summed E-state index contributed by atoms with van der Waals surface area (Å²) < 4.78 is 0. The van der Waals surface area contributed by atoms with Gasteiger partial charge < -0.3 is 10.4 Å². The van der Waals surface area contributed by atoms with E-state index in [9.17, 15) is 0 Å². The molecule has 0 radical (unpaired) electrons. The number of aliphatic hydroxyl groups is 1. The van der Waals surface area contributed by atoms with E-state index in [4.69, 9.17) is 5.11 Å². The van der Waals surface area contributed by atoms with Crippen LogP contribution < -0.4 is 5.32 Å². The van der Waals surface area contributed by atoms with E-state index in [1.54, 1.807) is 0 Å². The molecule has 2 heteroatoms. The highest BCUT2D eigenvalue weighted by atomic mass is 16.3. The monoisotopic (exact) mass is 221 g/mol. The molecule has 0 fully saturated rings. The molecule has 0 unspecified atom stereocenters. The van der Waals surface area contributed by atoms with Gasteiger partial charge in [-0.05, 0) is 30.5 Å². The molecule has 0 bridgehead atoms. The summed E-state index contributed by atoms with van der Waals surface area (Å²) in [4.78, 5) is 0. The molecule has 0 saturated carbocycles. The molecule has 0 aromatic heterocycles. The van der Waals surface area contributed by atoms with Crippen molar-refractivity contribution in [2.24, 2.45) is 0 Å². The van der Waals surface area contributed by atoms with E-state index in [0.717, 1.165) is 6.54 Å². The van der Waals surface area contributed by atoms with Crippen LogP contribution in [0.5, 0.6) is 0 Å². The number of rotatable bonds is 5. The molecule has 0 atom stereocenters. The number of hydrogen-bond acceptors (Lipinski definition) is 2. The van der Waals surface area contributed by atoms with E-state index in [0.29, 0.717) is 6.54 Å². The summed E-state index contributed by atoms with van der Waals surface area (Å²) in [6.07, 6.45) is 0. The lowest BCUT2D eigenvalue weighted by Gasteiger charge is -2.26. The molecule has 0 saturated heterocycles. The second-order valence-electron chi connectivity index (χ2n) is 5.08. The van der Waals surface area contributed by atoms with Crippen molar-refractivity contribution in [3.8, 4) is 0 Å². The van der Waals surface area contributed by atoms with E-state index >= 15 is 0 Å². The van der Waals surface area contributed by atoms with Crippen molar-refractivity contribution in [1.82, 2.24) is 5.32 Å². The van der Waals surface area contributed by atoms with Crippen LogP contribution in [0.4, 0.5) is 0 Å². The molecule has 1 aromatic carbocycles. The molecule has 1 aromatic rings. The first-order chi connectivity index (χ1) is 7.47. The van der Waals surface area contributed by atoms with Crippen LogP contribution in [0.25, 0.3) is 0 Å². The smallest absolute Gasteiger partial charge is 0.0555 e. The zero-order valence-corrected chi connectivity index (χ0v) is 10.8. The number of hydrogen-bond donors (Lipinski definition) is 2. The predicted molar refractivity (Wildman–Crippen MR) is 68.9 cm³/mol. The maximum absolute atomic E-state index is 8.75. The fourth-order valence-electron chi connectivity index (χ4n) is 1.74. The molecule has 90 valence electrons. The Hall–Kier alpha value is -0.860. The average molecular weight is 221 g/mol. The Labute approximate surface area is 98.7 Å². The van der Waals surface area contributed by atoms with Crippen LogP contribution in [-0.2, 0) is 5.41 Å².